The fourth-order valence-electron chi connectivity index (χ4n) is 1.55. The average Bonchev–Trinajstić information content (AvgIpc) is 2.40. The highest BCUT2D eigenvalue weighted by Gasteiger charge is 2.13. The fourth-order valence-corrected chi connectivity index (χ4v) is 1.93. The minimum Gasteiger partial charge on any atom is -0.374 e. The molecule has 0 spiro atoms. The van der Waals surface area contributed by atoms with Crippen LogP contribution in [0.25, 0.3) is 0 Å². The van der Waals surface area contributed by atoms with E-state index in [0.717, 1.165) is 5.56 Å². The minimum atomic E-state index is -0.469. The number of nitrogens with one attached hydrogen (secondary N) is 1. The van der Waals surface area contributed by atoms with Gasteiger partial charge in [0.05, 0.1) is 11.1 Å². The van der Waals surface area contributed by atoms with Gasteiger partial charge in [0, 0.05) is 28.9 Å². The van der Waals surface area contributed by atoms with Crippen LogP contribution in [0.4, 0.5) is 11.4 Å². The summed E-state index contributed by atoms with van der Waals surface area (Å²) in [6, 6.07) is 6.40. The maximum Gasteiger partial charge on any atom is 0.295 e. The van der Waals surface area contributed by atoms with Gasteiger partial charge in [-0.25, -0.2) is 0 Å². The third-order valence-corrected chi connectivity index (χ3v) is 3.08. The van der Waals surface area contributed by atoms with E-state index in [4.69, 9.17) is 23.2 Å². The molecule has 0 unspecified atom stereocenters. The van der Waals surface area contributed by atoms with Crippen LogP contribution in [-0.2, 0) is 6.54 Å². The Morgan fingerprint density at radius 2 is 2.11 bits per heavy atom. The number of rotatable bonds is 4. The van der Waals surface area contributed by atoms with E-state index in [1.807, 2.05) is 0 Å². The maximum absolute atomic E-state index is 10.8. The first-order valence-electron chi connectivity index (χ1n) is 5.34. The van der Waals surface area contributed by atoms with Gasteiger partial charge in [-0.15, -0.1) is 0 Å². The van der Waals surface area contributed by atoms with Gasteiger partial charge >= 0.3 is 0 Å². The second-order valence-electron chi connectivity index (χ2n) is 3.74. The fraction of sp³-hybridized carbons (Fsp3) is 0.0833. The summed E-state index contributed by atoms with van der Waals surface area (Å²) in [5.74, 6) is 0. The summed E-state index contributed by atoms with van der Waals surface area (Å²) < 4.78 is 0. The minimum absolute atomic E-state index is 0.0341. The topological polar surface area (TPSA) is 68.1 Å². The van der Waals surface area contributed by atoms with E-state index in [0.29, 0.717) is 22.3 Å². The molecule has 1 heterocycles. The number of aromatic nitrogens is 1. The first-order valence-corrected chi connectivity index (χ1v) is 6.09. The van der Waals surface area contributed by atoms with Crippen molar-refractivity contribution in [2.75, 3.05) is 5.32 Å². The molecule has 5 nitrogen and oxygen atoms in total. The molecule has 1 aromatic heterocycles. The average molecular weight is 298 g/mol. The molecule has 0 saturated carbocycles. The van der Waals surface area contributed by atoms with Gasteiger partial charge in [0.25, 0.3) is 5.69 Å². The smallest absolute Gasteiger partial charge is 0.295 e. The van der Waals surface area contributed by atoms with E-state index < -0.39 is 4.92 Å². The molecule has 19 heavy (non-hydrogen) atoms. The Morgan fingerprint density at radius 3 is 2.84 bits per heavy atom. The van der Waals surface area contributed by atoms with Crippen molar-refractivity contribution in [3.05, 3.63) is 62.4 Å². The van der Waals surface area contributed by atoms with E-state index >= 15 is 0 Å². The van der Waals surface area contributed by atoms with Crippen molar-refractivity contribution in [2.45, 2.75) is 6.54 Å². The van der Waals surface area contributed by atoms with Gasteiger partial charge < -0.3 is 5.32 Å². The number of hydrogen-bond donors (Lipinski definition) is 1. The number of halogens is 2. The zero-order valence-corrected chi connectivity index (χ0v) is 11.1. The van der Waals surface area contributed by atoms with Crippen LogP contribution >= 0.6 is 23.2 Å². The lowest BCUT2D eigenvalue weighted by Gasteiger charge is -2.08. The Bertz CT molecular complexity index is 620. The lowest BCUT2D eigenvalue weighted by Crippen LogP contribution is -2.03. The number of pyridine rings is 1. The third-order valence-electron chi connectivity index (χ3n) is 2.47. The zero-order chi connectivity index (χ0) is 13.8. The van der Waals surface area contributed by atoms with Crippen molar-refractivity contribution in [1.82, 2.24) is 4.98 Å². The summed E-state index contributed by atoms with van der Waals surface area (Å²) in [5, 5.41) is 14.9. The summed E-state index contributed by atoms with van der Waals surface area (Å²) in [6.07, 6.45) is 2.77. The summed E-state index contributed by atoms with van der Waals surface area (Å²) >= 11 is 11.9. The standard InChI is InChI=1S/C12H9Cl2N3O2/c13-9-1-2-10(14)8(5-9)6-16-11-7-15-4-3-12(11)17(18)19/h1-5,7,16H,6H2. The highest BCUT2D eigenvalue weighted by atomic mass is 35.5. The molecule has 1 N–H and O–H groups in total. The van der Waals surface area contributed by atoms with Crippen molar-refractivity contribution in [3.63, 3.8) is 0 Å². The summed E-state index contributed by atoms with van der Waals surface area (Å²) in [4.78, 5) is 14.2. The Kier molecular flexibility index (Phi) is 4.19. The van der Waals surface area contributed by atoms with E-state index in [-0.39, 0.29) is 5.69 Å². The van der Waals surface area contributed by atoms with Gasteiger partial charge in [-0.3, -0.25) is 15.1 Å². The Balaban J connectivity index is 2.19. The molecule has 1 aromatic carbocycles. The first kappa shape index (κ1) is 13.6. The molecule has 0 bridgehead atoms. The highest BCUT2D eigenvalue weighted by Crippen LogP contribution is 2.25. The summed E-state index contributed by atoms with van der Waals surface area (Å²) in [6.45, 7) is 0.325. The highest BCUT2D eigenvalue weighted by molar-refractivity contribution is 6.33. The van der Waals surface area contributed by atoms with Gasteiger partial charge in [0.1, 0.15) is 5.69 Å². The van der Waals surface area contributed by atoms with Gasteiger partial charge in [0.15, 0.2) is 0 Å². The molecule has 0 saturated heterocycles. The molecular weight excluding hydrogens is 289 g/mol. The van der Waals surface area contributed by atoms with Crippen LogP contribution in [0.3, 0.4) is 0 Å². The van der Waals surface area contributed by atoms with Crippen LogP contribution in [0, 0.1) is 10.1 Å². The molecule has 0 radical (unpaired) electrons. The van der Waals surface area contributed by atoms with Crippen molar-refractivity contribution in [2.24, 2.45) is 0 Å². The van der Waals surface area contributed by atoms with E-state index in [9.17, 15) is 10.1 Å². The predicted molar refractivity (Wildman–Crippen MR) is 74.7 cm³/mol. The van der Waals surface area contributed by atoms with Crippen molar-refractivity contribution < 1.29 is 4.92 Å². The number of anilines is 1. The molecule has 2 rings (SSSR count). The van der Waals surface area contributed by atoms with Crippen LogP contribution < -0.4 is 5.32 Å². The molecule has 2 aromatic rings. The monoisotopic (exact) mass is 297 g/mol. The first-order chi connectivity index (χ1) is 9.08. The summed E-state index contributed by atoms with van der Waals surface area (Å²) in [7, 11) is 0. The van der Waals surface area contributed by atoms with Gasteiger partial charge in [0.2, 0.25) is 0 Å². The third kappa shape index (κ3) is 3.33. The molecule has 98 valence electrons. The largest absolute Gasteiger partial charge is 0.374 e. The van der Waals surface area contributed by atoms with Crippen LogP contribution in [-0.4, -0.2) is 9.91 Å². The van der Waals surface area contributed by atoms with Crippen molar-refractivity contribution >= 4 is 34.6 Å². The zero-order valence-electron chi connectivity index (χ0n) is 9.64. The number of nitrogens with zero attached hydrogens (tertiary/aromatic N) is 2. The molecule has 0 aliphatic carbocycles. The van der Waals surface area contributed by atoms with Crippen LogP contribution in [0.1, 0.15) is 5.56 Å². The molecule has 0 aliphatic heterocycles. The van der Waals surface area contributed by atoms with Crippen LogP contribution in [0.5, 0.6) is 0 Å². The Morgan fingerprint density at radius 1 is 1.32 bits per heavy atom. The van der Waals surface area contributed by atoms with Crippen molar-refractivity contribution in [3.8, 4) is 0 Å². The molecule has 0 amide bonds. The molecule has 0 aliphatic rings. The second-order valence-corrected chi connectivity index (χ2v) is 4.58. The van der Waals surface area contributed by atoms with E-state index in [2.05, 4.69) is 10.3 Å². The Labute approximate surface area is 119 Å². The van der Waals surface area contributed by atoms with Crippen LogP contribution in [0.2, 0.25) is 10.0 Å². The van der Waals surface area contributed by atoms with Gasteiger partial charge in [-0.1, -0.05) is 23.2 Å². The van der Waals surface area contributed by atoms with Crippen molar-refractivity contribution in [1.29, 1.82) is 0 Å². The number of benzene rings is 1. The SMILES string of the molecule is O=[N+]([O-])c1ccncc1NCc1cc(Cl)ccc1Cl. The maximum atomic E-state index is 10.8. The number of hydrogen-bond acceptors (Lipinski definition) is 4. The lowest BCUT2D eigenvalue weighted by atomic mass is 10.2. The molecular formula is C12H9Cl2N3O2. The molecule has 0 fully saturated rings. The lowest BCUT2D eigenvalue weighted by molar-refractivity contribution is -0.384. The normalized spacial score (nSPS) is 10.2. The summed E-state index contributed by atoms with van der Waals surface area (Å²) in [5.41, 5.74) is 1.06. The van der Waals surface area contributed by atoms with Crippen LogP contribution in [0.15, 0.2) is 36.7 Å². The molecule has 7 heteroatoms. The quantitative estimate of drug-likeness (QED) is 0.686. The predicted octanol–water partition coefficient (Wildman–Crippen LogP) is 3.91. The molecule has 0 atom stereocenters. The number of nitro groups is 1. The second kappa shape index (κ2) is 5.86. The van der Waals surface area contributed by atoms with E-state index in [1.165, 1.54) is 18.5 Å². The van der Waals surface area contributed by atoms with Gasteiger partial charge in [-0.2, -0.15) is 0 Å². The van der Waals surface area contributed by atoms with Gasteiger partial charge in [-0.05, 0) is 23.8 Å². The Hall–Kier alpha value is -1.85. The van der Waals surface area contributed by atoms with E-state index in [1.54, 1.807) is 18.2 Å².